The molecule has 0 saturated carbocycles. The Hall–Kier alpha value is -2.05. The number of carbonyl (C=O) groups excluding carboxylic acids is 1. The molecule has 0 radical (unpaired) electrons. The second-order valence-electron chi connectivity index (χ2n) is 7.25. The van der Waals surface area contributed by atoms with Crippen LogP contribution in [-0.4, -0.2) is 27.5 Å². The number of halogens is 1. The molecule has 1 aromatic carbocycles. The van der Waals surface area contributed by atoms with E-state index in [1.807, 2.05) is 48.5 Å². The van der Waals surface area contributed by atoms with E-state index in [0.29, 0.717) is 24.5 Å². The van der Waals surface area contributed by atoms with Gasteiger partial charge in [-0.25, -0.2) is 12.9 Å². The fourth-order valence-electron chi connectivity index (χ4n) is 3.19. The lowest BCUT2D eigenvalue weighted by molar-refractivity contribution is -0.126. The number of amides is 1. The molecule has 4 nitrogen and oxygen atoms in total. The van der Waals surface area contributed by atoms with Crippen LogP contribution < -0.4 is 5.32 Å². The van der Waals surface area contributed by atoms with Crippen molar-refractivity contribution in [3.63, 3.8) is 0 Å². The van der Waals surface area contributed by atoms with Crippen molar-refractivity contribution in [1.82, 2.24) is 9.62 Å². The van der Waals surface area contributed by atoms with Gasteiger partial charge in [-0.3, -0.25) is 4.79 Å². The number of carbonyl (C=O) groups is 1. The molecule has 2 rings (SSSR count). The Morgan fingerprint density at radius 2 is 2.10 bits per heavy atom. The summed E-state index contributed by atoms with van der Waals surface area (Å²) in [6, 6.07) is 7.98. The largest absolute Gasteiger partial charge is 0.352 e. The Morgan fingerprint density at radius 3 is 2.79 bits per heavy atom. The van der Waals surface area contributed by atoms with Crippen molar-refractivity contribution < 1.29 is 13.4 Å². The number of aryl methyl sites for hydroxylation is 1. The predicted molar refractivity (Wildman–Crippen MR) is 118 cm³/mol. The third-order valence-corrected chi connectivity index (χ3v) is 6.38. The molecule has 2 atom stereocenters. The summed E-state index contributed by atoms with van der Waals surface area (Å²) in [7, 11) is -1.43. The first-order chi connectivity index (χ1) is 13.9. The van der Waals surface area contributed by atoms with Gasteiger partial charge in [0, 0.05) is 19.6 Å². The maximum atomic E-state index is 13.1. The molecule has 1 fully saturated rings. The van der Waals surface area contributed by atoms with Gasteiger partial charge in [0.05, 0.1) is 16.6 Å². The second kappa shape index (κ2) is 11.8. The topological polar surface area (TPSA) is 49.4 Å². The Labute approximate surface area is 176 Å². The summed E-state index contributed by atoms with van der Waals surface area (Å²) in [4.78, 5) is 13.2. The molecule has 0 aromatic heterocycles. The quantitative estimate of drug-likeness (QED) is 0.622. The van der Waals surface area contributed by atoms with E-state index in [9.17, 15) is 13.4 Å². The van der Waals surface area contributed by atoms with Gasteiger partial charge in [0.15, 0.2) is 0 Å². The molecule has 1 aliphatic rings. The molecule has 1 aromatic rings. The molecule has 1 saturated heterocycles. The standard InChI is InChI=1S/C23H31FN2O2S/c1-4-5-12-22(14-13-19(3)24)29(28)26-15-8-11-21(17-26)23(27)25-16-20-10-7-6-9-18(20)2/h5-7,9-10,12-14,21H,4,8,11,15-17H2,1-3H3,(H,25,27)/b12-5-,19-13+,22-14+. The average molecular weight is 419 g/mol. The summed E-state index contributed by atoms with van der Waals surface area (Å²) in [6.07, 6.45) is 8.94. The van der Waals surface area contributed by atoms with Crippen molar-refractivity contribution in [3.05, 3.63) is 70.4 Å². The highest BCUT2D eigenvalue weighted by Gasteiger charge is 2.29. The van der Waals surface area contributed by atoms with E-state index in [-0.39, 0.29) is 17.7 Å². The maximum Gasteiger partial charge on any atom is 0.224 e. The van der Waals surface area contributed by atoms with Crippen LogP contribution in [-0.2, 0) is 22.3 Å². The van der Waals surface area contributed by atoms with Crippen LogP contribution in [0, 0.1) is 12.8 Å². The van der Waals surface area contributed by atoms with Gasteiger partial charge < -0.3 is 5.32 Å². The number of piperidine rings is 1. The number of benzene rings is 1. The van der Waals surface area contributed by atoms with Gasteiger partial charge in [0.2, 0.25) is 5.91 Å². The Balaban J connectivity index is 2.02. The van der Waals surface area contributed by atoms with Crippen LogP contribution >= 0.6 is 0 Å². The molecule has 6 heteroatoms. The number of hydrogen-bond donors (Lipinski definition) is 1. The van der Waals surface area contributed by atoms with Crippen LogP contribution in [0.1, 0.15) is 44.2 Å². The zero-order valence-corrected chi connectivity index (χ0v) is 18.3. The minimum absolute atomic E-state index is 0.0101. The van der Waals surface area contributed by atoms with Crippen molar-refractivity contribution in [2.45, 2.75) is 46.6 Å². The first-order valence-corrected chi connectivity index (χ1v) is 11.2. The lowest BCUT2D eigenvalue weighted by atomic mass is 9.98. The van der Waals surface area contributed by atoms with E-state index in [0.717, 1.165) is 30.4 Å². The van der Waals surface area contributed by atoms with E-state index in [4.69, 9.17) is 0 Å². The molecule has 2 unspecified atom stereocenters. The molecule has 29 heavy (non-hydrogen) atoms. The Morgan fingerprint density at radius 1 is 1.34 bits per heavy atom. The van der Waals surface area contributed by atoms with Crippen LogP contribution in [0.2, 0.25) is 0 Å². The molecule has 0 bridgehead atoms. The van der Waals surface area contributed by atoms with Gasteiger partial charge >= 0.3 is 0 Å². The number of nitrogens with zero attached hydrogens (tertiary/aromatic N) is 1. The van der Waals surface area contributed by atoms with Crippen molar-refractivity contribution in [2.24, 2.45) is 5.92 Å². The predicted octanol–water partition coefficient (Wildman–Crippen LogP) is 4.71. The number of rotatable bonds is 8. The smallest absolute Gasteiger partial charge is 0.224 e. The minimum Gasteiger partial charge on any atom is -0.352 e. The number of nitrogens with one attached hydrogen (secondary N) is 1. The SMILES string of the molecule is CC\C=C/C(=C\C=C(/C)F)S(=O)N1CCCC(C(=O)NCc2ccccc2C)C1. The lowest BCUT2D eigenvalue weighted by Crippen LogP contribution is -2.43. The van der Waals surface area contributed by atoms with Gasteiger partial charge in [-0.1, -0.05) is 37.3 Å². The molecule has 0 spiro atoms. The van der Waals surface area contributed by atoms with Crippen molar-refractivity contribution >= 4 is 16.9 Å². The van der Waals surface area contributed by atoms with Crippen LogP contribution in [0.5, 0.6) is 0 Å². The van der Waals surface area contributed by atoms with E-state index in [1.165, 1.54) is 13.0 Å². The van der Waals surface area contributed by atoms with Crippen LogP contribution in [0.25, 0.3) is 0 Å². The van der Waals surface area contributed by atoms with Crippen molar-refractivity contribution in [3.8, 4) is 0 Å². The highest BCUT2D eigenvalue weighted by atomic mass is 32.2. The van der Waals surface area contributed by atoms with Gasteiger partial charge in [0.1, 0.15) is 11.0 Å². The van der Waals surface area contributed by atoms with E-state index in [2.05, 4.69) is 5.32 Å². The van der Waals surface area contributed by atoms with Crippen molar-refractivity contribution in [2.75, 3.05) is 13.1 Å². The first kappa shape index (κ1) is 23.2. The summed E-state index contributed by atoms with van der Waals surface area (Å²) in [6.45, 7) is 6.96. The second-order valence-corrected chi connectivity index (χ2v) is 8.74. The fourth-order valence-corrected chi connectivity index (χ4v) is 4.50. The molecule has 1 heterocycles. The Kier molecular flexibility index (Phi) is 9.48. The lowest BCUT2D eigenvalue weighted by Gasteiger charge is -2.31. The van der Waals surface area contributed by atoms with E-state index < -0.39 is 11.0 Å². The van der Waals surface area contributed by atoms with Gasteiger partial charge in [0.25, 0.3) is 0 Å². The molecule has 158 valence electrons. The van der Waals surface area contributed by atoms with Crippen LogP contribution in [0.4, 0.5) is 4.39 Å². The number of hydrogen-bond acceptors (Lipinski definition) is 2. The molecular formula is C23H31FN2O2S. The van der Waals surface area contributed by atoms with Gasteiger partial charge in [-0.05, 0) is 62.5 Å². The third kappa shape index (κ3) is 7.37. The van der Waals surface area contributed by atoms with E-state index >= 15 is 0 Å². The summed E-state index contributed by atoms with van der Waals surface area (Å²) < 4.78 is 28.0. The summed E-state index contributed by atoms with van der Waals surface area (Å²) in [5, 5.41) is 3.02. The molecular weight excluding hydrogens is 387 g/mol. The zero-order valence-electron chi connectivity index (χ0n) is 17.5. The monoisotopic (exact) mass is 418 g/mol. The molecule has 1 N–H and O–H groups in total. The molecule has 0 aliphatic carbocycles. The van der Waals surface area contributed by atoms with Gasteiger partial charge in [-0.15, -0.1) is 0 Å². The third-order valence-electron chi connectivity index (χ3n) is 4.90. The summed E-state index contributed by atoms with van der Waals surface area (Å²) in [5.74, 6) is -0.549. The summed E-state index contributed by atoms with van der Waals surface area (Å²) in [5.41, 5.74) is 2.24. The Bertz CT molecular complexity index is 813. The minimum atomic E-state index is -1.43. The first-order valence-electron chi connectivity index (χ1n) is 10.1. The maximum absolute atomic E-state index is 13.1. The normalized spacial score (nSPS) is 20.1. The number of allylic oxidation sites excluding steroid dienone is 5. The molecule has 1 amide bonds. The average Bonchev–Trinajstić information content (AvgIpc) is 2.72. The summed E-state index contributed by atoms with van der Waals surface area (Å²) >= 11 is 0. The zero-order chi connectivity index (χ0) is 21.2. The molecule has 1 aliphatic heterocycles. The van der Waals surface area contributed by atoms with Crippen molar-refractivity contribution in [1.29, 1.82) is 0 Å². The van der Waals surface area contributed by atoms with E-state index in [1.54, 1.807) is 12.2 Å². The fraction of sp³-hybridized carbons (Fsp3) is 0.435. The highest BCUT2D eigenvalue weighted by molar-refractivity contribution is 7.86. The van der Waals surface area contributed by atoms with Gasteiger partial charge in [-0.2, -0.15) is 0 Å². The highest BCUT2D eigenvalue weighted by Crippen LogP contribution is 2.22. The van der Waals surface area contributed by atoms with Crippen LogP contribution in [0.3, 0.4) is 0 Å². The van der Waals surface area contributed by atoms with Crippen LogP contribution in [0.15, 0.2) is 59.3 Å².